The molecule has 0 aromatic heterocycles. The number of nitrogens with one attached hydrogen (secondary N) is 1. The number of hydrogen-bond acceptors (Lipinski definition) is 3. The molecular weight excluding hydrogens is 206 g/mol. The Labute approximate surface area is 94.6 Å². The first-order valence-electron chi connectivity index (χ1n) is 5.26. The molecule has 1 aromatic rings. The summed E-state index contributed by atoms with van der Waals surface area (Å²) in [6.07, 6.45) is -0.417. The van der Waals surface area contributed by atoms with Crippen molar-refractivity contribution in [1.82, 2.24) is 5.32 Å². The molecule has 0 saturated carbocycles. The van der Waals surface area contributed by atoms with Gasteiger partial charge in [0, 0.05) is 12.0 Å². The van der Waals surface area contributed by atoms with Crippen molar-refractivity contribution in [2.45, 2.75) is 6.92 Å². The van der Waals surface area contributed by atoms with Gasteiger partial charge in [-0.1, -0.05) is 25.1 Å². The van der Waals surface area contributed by atoms with Crippen LogP contribution in [-0.4, -0.2) is 25.9 Å². The minimum Gasteiger partial charge on any atom is -0.410 e. The Kier molecular flexibility index (Phi) is 3.10. The fraction of sp³-hybridized carbons (Fsp3) is 0.417. The molecule has 1 aliphatic heterocycles. The minimum absolute atomic E-state index is 0.0652. The van der Waals surface area contributed by atoms with Gasteiger partial charge in [-0.2, -0.15) is 0 Å². The summed E-state index contributed by atoms with van der Waals surface area (Å²) in [5.74, 6) is 0.551. The van der Waals surface area contributed by atoms with Gasteiger partial charge in [0.05, 0.1) is 13.2 Å². The quantitative estimate of drug-likeness (QED) is 0.846. The van der Waals surface area contributed by atoms with Crippen LogP contribution >= 0.6 is 0 Å². The van der Waals surface area contributed by atoms with E-state index in [4.69, 9.17) is 9.47 Å². The van der Waals surface area contributed by atoms with Crippen LogP contribution in [0.3, 0.4) is 0 Å². The van der Waals surface area contributed by atoms with Gasteiger partial charge in [0.25, 0.3) is 0 Å². The smallest absolute Gasteiger partial charge is 0.410 e. The van der Waals surface area contributed by atoms with Crippen molar-refractivity contribution >= 4 is 6.09 Å². The van der Waals surface area contributed by atoms with Crippen LogP contribution in [0.25, 0.3) is 0 Å². The topological polar surface area (TPSA) is 47.6 Å². The third-order valence-corrected chi connectivity index (χ3v) is 2.51. The first-order chi connectivity index (χ1) is 7.68. The van der Waals surface area contributed by atoms with E-state index in [1.165, 1.54) is 0 Å². The van der Waals surface area contributed by atoms with Crippen molar-refractivity contribution in [2.75, 3.05) is 19.8 Å². The average molecular weight is 221 g/mol. The van der Waals surface area contributed by atoms with Gasteiger partial charge in [-0.15, -0.1) is 0 Å². The van der Waals surface area contributed by atoms with Crippen LogP contribution in [0.1, 0.15) is 6.92 Å². The van der Waals surface area contributed by atoms with Crippen LogP contribution in [-0.2, 0) is 4.74 Å². The molecule has 0 unspecified atom stereocenters. The second-order valence-electron chi connectivity index (χ2n) is 4.36. The maximum Gasteiger partial charge on any atom is 0.412 e. The van der Waals surface area contributed by atoms with E-state index in [2.05, 4.69) is 12.2 Å². The molecule has 2 rings (SSSR count). The largest absolute Gasteiger partial charge is 0.412 e. The summed E-state index contributed by atoms with van der Waals surface area (Å²) in [6.45, 7) is 4.04. The lowest BCUT2D eigenvalue weighted by molar-refractivity contribution is -0.0979. The average Bonchev–Trinajstić information content (AvgIpc) is 2.25. The number of carbonyl (C=O) groups is 1. The summed E-state index contributed by atoms with van der Waals surface area (Å²) >= 11 is 0. The molecule has 0 spiro atoms. The lowest BCUT2D eigenvalue weighted by atomic mass is 9.89. The van der Waals surface area contributed by atoms with Crippen molar-refractivity contribution in [3.63, 3.8) is 0 Å². The standard InChI is InChI=1S/C12H15NO3/c1-12(8-15-9-12)7-13-11(14)16-10-5-3-2-4-6-10/h2-6H,7-9H2,1H3,(H,13,14). The van der Waals surface area contributed by atoms with Crippen molar-refractivity contribution in [3.05, 3.63) is 30.3 Å². The maximum atomic E-state index is 11.4. The van der Waals surface area contributed by atoms with Gasteiger partial charge < -0.3 is 14.8 Å². The molecule has 0 radical (unpaired) electrons. The van der Waals surface area contributed by atoms with Crippen LogP contribution in [0.2, 0.25) is 0 Å². The van der Waals surface area contributed by atoms with Gasteiger partial charge >= 0.3 is 6.09 Å². The van der Waals surface area contributed by atoms with Crippen molar-refractivity contribution in [3.8, 4) is 5.75 Å². The fourth-order valence-corrected chi connectivity index (χ4v) is 1.47. The number of hydrogen-bond donors (Lipinski definition) is 1. The van der Waals surface area contributed by atoms with Gasteiger partial charge in [-0.3, -0.25) is 0 Å². The molecule has 4 heteroatoms. The molecule has 0 aliphatic carbocycles. The van der Waals surface area contributed by atoms with Crippen LogP contribution < -0.4 is 10.1 Å². The third kappa shape index (κ3) is 2.73. The normalized spacial score (nSPS) is 17.3. The molecule has 86 valence electrons. The van der Waals surface area contributed by atoms with E-state index in [1.54, 1.807) is 12.1 Å². The van der Waals surface area contributed by atoms with E-state index >= 15 is 0 Å². The number of ether oxygens (including phenoxy) is 2. The summed E-state index contributed by atoms with van der Waals surface area (Å²) in [5, 5.41) is 2.73. The Balaban J connectivity index is 1.76. The number of rotatable bonds is 3. The van der Waals surface area contributed by atoms with Gasteiger partial charge in [0.1, 0.15) is 5.75 Å². The molecule has 1 saturated heterocycles. The molecule has 1 fully saturated rings. The maximum absolute atomic E-state index is 11.4. The molecule has 1 N–H and O–H groups in total. The molecule has 0 atom stereocenters. The zero-order valence-electron chi connectivity index (χ0n) is 9.23. The number of benzene rings is 1. The van der Waals surface area contributed by atoms with E-state index in [1.807, 2.05) is 18.2 Å². The summed E-state index contributed by atoms with van der Waals surface area (Å²) in [7, 11) is 0. The molecule has 1 amide bonds. The van der Waals surface area contributed by atoms with Crippen LogP contribution in [0.5, 0.6) is 5.75 Å². The SMILES string of the molecule is CC1(CNC(=O)Oc2ccccc2)COC1. The Hall–Kier alpha value is -1.55. The summed E-state index contributed by atoms with van der Waals surface area (Å²) < 4.78 is 10.2. The molecule has 1 aliphatic rings. The molecular formula is C12H15NO3. The van der Waals surface area contributed by atoms with Gasteiger partial charge in [-0.25, -0.2) is 4.79 Å². The predicted octanol–water partition coefficient (Wildman–Crippen LogP) is 1.81. The first kappa shape index (κ1) is 11.0. The van der Waals surface area contributed by atoms with E-state index in [-0.39, 0.29) is 5.41 Å². The van der Waals surface area contributed by atoms with Crippen molar-refractivity contribution in [2.24, 2.45) is 5.41 Å². The van der Waals surface area contributed by atoms with Gasteiger partial charge in [0.15, 0.2) is 0 Å². The predicted molar refractivity (Wildman–Crippen MR) is 59.4 cm³/mol. The molecule has 0 bridgehead atoms. The third-order valence-electron chi connectivity index (χ3n) is 2.51. The summed E-state index contributed by atoms with van der Waals surface area (Å²) in [5.41, 5.74) is 0.0652. The first-order valence-corrected chi connectivity index (χ1v) is 5.26. The molecule has 1 aromatic carbocycles. The van der Waals surface area contributed by atoms with Crippen LogP contribution in [0.15, 0.2) is 30.3 Å². The van der Waals surface area contributed by atoms with Crippen LogP contribution in [0, 0.1) is 5.41 Å². The van der Waals surface area contributed by atoms with Crippen LogP contribution in [0.4, 0.5) is 4.79 Å². The summed E-state index contributed by atoms with van der Waals surface area (Å²) in [4.78, 5) is 11.4. The molecule has 4 nitrogen and oxygen atoms in total. The highest BCUT2D eigenvalue weighted by atomic mass is 16.6. The highest BCUT2D eigenvalue weighted by molar-refractivity contribution is 5.70. The second kappa shape index (κ2) is 4.53. The molecule has 16 heavy (non-hydrogen) atoms. The Morgan fingerprint density at radius 2 is 2.12 bits per heavy atom. The number of carbonyl (C=O) groups excluding carboxylic acids is 1. The highest BCUT2D eigenvalue weighted by Crippen LogP contribution is 2.25. The van der Waals surface area contributed by atoms with E-state index in [0.29, 0.717) is 25.5 Å². The monoisotopic (exact) mass is 221 g/mol. The van der Waals surface area contributed by atoms with Crippen molar-refractivity contribution < 1.29 is 14.3 Å². The Bertz CT molecular complexity index is 360. The van der Waals surface area contributed by atoms with E-state index in [0.717, 1.165) is 0 Å². The second-order valence-corrected chi connectivity index (χ2v) is 4.36. The number of para-hydroxylation sites is 1. The fourth-order valence-electron chi connectivity index (χ4n) is 1.47. The zero-order chi connectivity index (χ0) is 11.4. The number of amides is 1. The minimum atomic E-state index is -0.417. The van der Waals surface area contributed by atoms with E-state index < -0.39 is 6.09 Å². The molecule has 1 heterocycles. The Morgan fingerprint density at radius 1 is 1.44 bits per heavy atom. The van der Waals surface area contributed by atoms with E-state index in [9.17, 15) is 4.79 Å². The zero-order valence-corrected chi connectivity index (χ0v) is 9.23. The summed E-state index contributed by atoms with van der Waals surface area (Å²) in [6, 6.07) is 9.01. The lowest BCUT2D eigenvalue weighted by Crippen LogP contribution is -2.49. The van der Waals surface area contributed by atoms with Gasteiger partial charge in [0.2, 0.25) is 0 Å². The highest BCUT2D eigenvalue weighted by Gasteiger charge is 2.33. The van der Waals surface area contributed by atoms with Crippen molar-refractivity contribution in [1.29, 1.82) is 0 Å². The Morgan fingerprint density at radius 3 is 2.69 bits per heavy atom. The van der Waals surface area contributed by atoms with Gasteiger partial charge in [-0.05, 0) is 12.1 Å². The lowest BCUT2D eigenvalue weighted by Gasteiger charge is -2.37.